The van der Waals surface area contributed by atoms with Gasteiger partial charge in [0.2, 0.25) is 0 Å². The lowest BCUT2D eigenvalue weighted by atomic mass is 9.81. The van der Waals surface area contributed by atoms with E-state index in [1.54, 1.807) is 0 Å². The van der Waals surface area contributed by atoms with Gasteiger partial charge in [-0.1, -0.05) is 20.8 Å². The summed E-state index contributed by atoms with van der Waals surface area (Å²) >= 11 is 0. The molecule has 0 unspecified atom stereocenters. The van der Waals surface area contributed by atoms with Crippen molar-refractivity contribution in [1.29, 1.82) is 0 Å². The molecule has 0 aromatic rings. The molecule has 3 heteroatoms. The Hall–Kier alpha value is -0.120. The second-order valence-electron chi connectivity index (χ2n) is 6.16. The van der Waals surface area contributed by atoms with Gasteiger partial charge in [-0.05, 0) is 56.7 Å². The van der Waals surface area contributed by atoms with Crippen LogP contribution >= 0.6 is 0 Å². The third-order valence-corrected chi connectivity index (χ3v) is 4.92. The van der Waals surface area contributed by atoms with Crippen LogP contribution in [0.1, 0.15) is 46.5 Å². The summed E-state index contributed by atoms with van der Waals surface area (Å²) in [5, 5.41) is 3.56. The van der Waals surface area contributed by atoms with Crippen molar-refractivity contribution in [3.05, 3.63) is 0 Å². The number of nitrogens with one attached hydrogen (secondary N) is 1. The van der Waals surface area contributed by atoms with Crippen molar-refractivity contribution in [3.63, 3.8) is 0 Å². The molecule has 0 aromatic carbocycles. The number of hydrogen-bond acceptors (Lipinski definition) is 3. The zero-order chi connectivity index (χ0) is 14.1. The van der Waals surface area contributed by atoms with E-state index in [4.69, 9.17) is 4.74 Å². The Morgan fingerprint density at radius 2 is 1.79 bits per heavy atom. The van der Waals surface area contributed by atoms with Crippen LogP contribution in [0.5, 0.6) is 0 Å². The van der Waals surface area contributed by atoms with Gasteiger partial charge in [0, 0.05) is 26.8 Å². The summed E-state index contributed by atoms with van der Waals surface area (Å²) < 4.78 is 5.28. The molecule has 1 saturated heterocycles. The maximum atomic E-state index is 5.28. The predicted molar refractivity (Wildman–Crippen MR) is 82.6 cm³/mol. The van der Waals surface area contributed by atoms with E-state index in [1.165, 1.54) is 45.3 Å². The van der Waals surface area contributed by atoms with E-state index in [0.29, 0.717) is 5.41 Å². The Labute approximate surface area is 120 Å². The summed E-state index contributed by atoms with van der Waals surface area (Å²) in [6, 6.07) is 0. The van der Waals surface area contributed by atoms with Crippen molar-refractivity contribution in [3.8, 4) is 0 Å². The molecule has 0 radical (unpaired) electrons. The number of piperidine rings is 1. The second-order valence-corrected chi connectivity index (χ2v) is 6.16. The van der Waals surface area contributed by atoms with Crippen molar-refractivity contribution >= 4 is 0 Å². The van der Waals surface area contributed by atoms with Crippen molar-refractivity contribution in [1.82, 2.24) is 10.2 Å². The lowest BCUT2D eigenvalue weighted by molar-refractivity contribution is 0.0693. The van der Waals surface area contributed by atoms with E-state index in [-0.39, 0.29) is 0 Å². The van der Waals surface area contributed by atoms with Gasteiger partial charge in [0.15, 0.2) is 0 Å². The maximum absolute atomic E-state index is 5.28. The third-order valence-electron chi connectivity index (χ3n) is 4.92. The average Bonchev–Trinajstić information content (AvgIpc) is 2.46. The molecule has 1 fully saturated rings. The van der Waals surface area contributed by atoms with Crippen LogP contribution in [0, 0.1) is 11.3 Å². The number of likely N-dealkylation sites (tertiary alicyclic amines) is 1. The molecule has 114 valence electrons. The quantitative estimate of drug-likeness (QED) is 0.697. The van der Waals surface area contributed by atoms with Gasteiger partial charge < -0.3 is 15.0 Å². The molecule has 1 aliphatic rings. The minimum atomic E-state index is 0.462. The first-order valence-corrected chi connectivity index (χ1v) is 8.11. The first-order chi connectivity index (χ1) is 9.19. The summed E-state index contributed by atoms with van der Waals surface area (Å²) in [6.07, 6.45) is 5.15. The minimum Gasteiger partial charge on any atom is -0.384 e. The van der Waals surface area contributed by atoms with Crippen LogP contribution in [-0.4, -0.2) is 51.3 Å². The molecule has 0 spiro atoms. The van der Waals surface area contributed by atoms with Gasteiger partial charge >= 0.3 is 0 Å². The zero-order valence-electron chi connectivity index (χ0n) is 13.5. The van der Waals surface area contributed by atoms with Crippen LogP contribution in [0.25, 0.3) is 0 Å². The summed E-state index contributed by atoms with van der Waals surface area (Å²) in [6.45, 7) is 13.8. The molecular weight excluding hydrogens is 236 g/mol. The van der Waals surface area contributed by atoms with E-state index in [0.717, 1.165) is 25.6 Å². The first-order valence-electron chi connectivity index (χ1n) is 8.11. The molecule has 19 heavy (non-hydrogen) atoms. The summed E-state index contributed by atoms with van der Waals surface area (Å²) in [5.41, 5.74) is 0.462. The highest BCUT2D eigenvalue weighted by atomic mass is 16.5. The van der Waals surface area contributed by atoms with Crippen molar-refractivity contribution in [2.24, 2.45) is 11.3 Å². The Bertz CT molecular complexity index is 221. The fourth-order valence-corrected chi connectivity index (χ4v) is 3.19. The van der Waals surface area contributed by atoms with E-state index in [1.807, 2.05) is 7.11 Å². The Balaban J connectivity index is 2.42. The highest BCUT2D eigenvalue weighted by Crippen LogP contribution is 2.29. The first kappa shape index (κ1) is 16.9. The number of hydrogen-bond donors (Lipinski definition) is 1. The normalized spacial score (nSPS) is 18.9. The fraction of sp³-hybridized carbons (Fsp3) is 1.00. The molecule has 1 heterocycles. The molecule has 0 aromatic heterocycles. The van der Waals surface area contributed by atoms with Crippen molar-refractivity contribution in [2.45, 2.75) is 46.5 Å². The SMILES string of the molecule is CCNCC(CC)(CC)CN1CCC(COC)CC1. The molecule has 0 amide bonds. The molecular formula is C16H34N2O. The molecule has 3 nitrogen and oxygen atoms in total. The van der Waals surface area contributed by atoms with Crippen LogP contribution in [-0.2, 0) is 4.74 Å². The summed E-state index contributed by atoms with van der Waals surface area (Å²) in [5.74, 6) is 0.785. The lowest BCUT2D eigenvalue weighted by Crippen LogP contribution is -2.46. The maximum Gasteiger partial charge on any atom is 0.0491 e. The van der Waals surface area contributed by atoms with E-state index < -0.39 is 0 Å². The lowest BCUT2D eigenvalue weighted by Gasteiger charge is -2.40. The van der Waals surface area contributed by atoms with E-state index in [9.17, 15) is 0 Å². The summed E-state index contributed by atoms with van der Waals surface area (Å²) in [7, 11) is 1.82. The third kappa shape index (κ3) is 5.41. The number of methoxy groups -OCH3 is 1. The van der Waals surface area contributed by atoms with Crippen LogP contribution in [0.15, 0.2) is 0 Å². The van der Waals surface area contributed by atoms with Gasteiger partial charge in [-0.2, -0.15) is 0 Å². The van der Waals surface area contributed by atoms with Crippen molar-refractivity contribution in [2.75, 3.05) is 46.4 Å². The number of rotatable bonds is 9. The van der Waals surface area contributed by atoms with Crippen LogP contribution < -0.4 is 5.32 Å². The molecule has 1 N–H and O–H groups in total. The molecule has 0 bridgehead atoms. The predicted octanol–water partition coefficient (Wildman–Crippen LogP) is 2.76. The van der Waals surface area contributed by atoms with Gasteiger partial charge in [-0.3, -0.25) is 0 Å². The Kier molecular flexibility index (Phi) is 7.96. The number of nitrogens with zero attached hydrogens (tertiary/aromatic N) is 1. The monoisotopic (exact) mass is 270 g/mol. The van der Waals surface area contributed by atoms with E-state index in [2.05, 4.69) is 31.0 Å². The van der Waals surface area contributed by atoms with Gasteiger partial charge in [-0.15, -0.1) is 0 Å². The van der Waals surface area contributed by atoms with Crippen molar-refractivity contribution < 1.29 is 4.74 Å². The smallest absolute Gasteiger partial charge is 0.0491 e. The van der Waals surface area contributed by atoms with Gasteiger partial charge in [0.25, 0.3) is 0 Å². The van der Waals surface area contributed by atoms with Crippen LogP contribution in [0.3, 0.4) is 0 Å². The highest BCUT2D eigenvalue weighted by Gasteiger charge is 2.30. The summed E-state index contributed by atoms with van der Waals surface area (Å²) in [4.78, 5) is 2.68. The van der Waals surface area contributed by atoms with Crippen LogP contribution in [0.4, 0.5) is 0 Å². The standard InChI is InChI=1S/C16H34N2O/c1-5-16(6-2,13-17-7-3)14-18-10-8-15(9-11-18)12-19-4/h15,17H,5-14H2,1-4H3. The molecule has 0 atom stereocenters. The van der Waals surface area contributed by atoms with Gasteiger partial charge in [-0.25, -0.2) is 0 Å². The molecule has 1 aliphatic heterocycles. The molecule has 1 rings (SSSR count). The Morgan fingerprint density at radius 1 is 1.16 bits per heavy atom. The Morgan fingerprint density at radius 3 is 2.26 bits per heavy atom. The van der Waals surface area contributed by atoms with Gasteiger partial charge in [0.05, 0.1) is 0 Å². The zero-order valence-corrected chi connectivity index (χ0v) is 13.5. The largest absolute Gasteiger partial charge is 0.384 e. The molecule has 0 saturated carbocycles. The second kappa shape index (κ2) is 8.93. The van der Waals surface area contributed by atoms with Gasteiger partial charge in [0.1, 0.15) is 0 Å². The topological polar surface area (TPSA) is 24.5 Å². The fourth-order valence-electron chi connectivity index (χ4n) is 3.19. The average molecular weight is 270 g/mol. The minimum absolute atomic E-state index is 0.462. The highest BCUT2D eigenvalue weighted by molar-refractivity contribution is 4.84. The van der Waals surface area contributed by atoms with E-state index >= 15 is 0 Å². The number of ether oxygens (including phenoxy) is 1. The van der Waals surface area contributed by atoms with Crippen LogP contribution in [0.2, 0.25) is 0 Å². The molecule has 0 aliphatic carbocycles.